The zero-order chi connectivity index (χ0) is 16.8. The van der Waals surface area contributed by atoms with Crippen molar-refractivity contribution in [2.75, 3.05) is 26.2 Å². The van der Waals surface area contributed by atoms with Crippen molar-refractivity contribution in [2.45, 2.75) is 37.1 Å². The average Bonchev–Trinajstić information content (AvgIpc) is 2.56. The van der Waals surface area contributed by atoms with Crippen LogP contribution in [0.5, 0.6) is 0 Å². The maximum Gasteiger partial charge on any atom is 0.235 e. The summed E-state index contributed by atoms with van der Waals surface area (Å²) in [4.78, 5) is 20.9. The standard InChI is InChI=1S/C17H24N4OS/c1-13(2)15(12-18)20-8-10-21(11-9-20)17(22)14(3)23-16-6-4-5-7-19-16/h4-7,13-15H,8-11H2,1-3H3/t14-,15-/m1/s1. The number of nitrogens with zero attached hydrogens (tertiary/aromatic N) is 4. The summed E-state index contributed by atoms with van der Waals surface area (Å²) in [5, 5.41) is 10.0. The molecule has 2 atom stereocenters. The van der Waals surface area contributed by atoms with E-state index in [1.54, 1.807) is 6.20 Å². The SMILES string of the molecule is CC(C)[C@@H](C#N)N1CCN(C(=O)[C@@H](C)Sc2ccccn2)CC1. The van der Waals surface area contributed by atoms with Gasteiger partial charge in [0.1, 0.15) is 6.04 Å². The Morgan fingerprint density at radius 3 is 2.48 bits per heavy atom. The van der Waals surface area contributed by atoms with Crippen LogP contribution in [0.2, 0.25) is 0 Å². The lowest BCUT2D eigenvalue weighted by molar-refractivity contribution is -0.132. The molecule has 1 fully saturated rings. The summed E-state index contributed by atoms with van der Waals surface area (Å²) in [6.45, 7) is 8.98. The Balaban J connectivity index is 1.87. The Morgan fingerprint density at radius 1 is 1.26 bits per heavy atom. The van der Waals surface area contributed by atoms with E-state index >= 15 is 0 Å². The Morgan fingerprint density at radius 2 is 1.96 bits per heavy atom. The van der Waals surface area contributed by atoms with Crippen molar-refractivity contribution in [3.8, 4) is 6.07 Å². The van der Waals surface area contributed by atoms with Crippen LogP contribution in [0.3, 0.4) is 0 Å². The molecular formula is C17H24N4OS. The number of amides is 1. The average molecular weight is 332 g/mol. The Bertz CT molecular complexity index is 549. The van der Waals surface area contributed by atoms with E-state index in [4.69, 9.17) is 0 Å². The third-order valence-electron chi connectivity index (χ3n) is 4.07. The normalized spacial score (nSPS) is 18.5. The van der Waals surface area contributed by atoms with Crippen LogP contribution in [0, 0.1) is 17.2 Å². The molecule has 1 saturated heterocycles. The topological polar surface area (TPSA) is 60.2 Å². The first-order valence-corrected chi connectivity index (χ1v) is 8.91. The van der Waals surface area contributed by atoms with Crippen molar-refractivity contribution in [1.82, 2.24) is 14.8 Å². The summed E-state index contributed by atoms with van der Waals surface area (Å²) in [7, 11) is 0. The van der Waals surface area contributed by atoms with Gasteiger partial charge < -0.3 is 4.90 Å². The molecule has 124 valence electrons. The minimum atomic E-state index is -0.145. The summed E-state index contributed by atoms with van der Waals surface area (Å²) in [5.41, 5.74) is 0. The maximum atomic E-state index is 12.6. The predicted molar refractivity (Wildman–Crippen MR) is 91.9 cm³/mol. The number of thioether (sulfide) groups is 1. The first-order valence-electron chi connectivity index (χ1n) is 8.03. The van der Waals surface area contributed by atoms with Crippen molar-refractivity contribution in [3.05, 3.63) is 24.4 Å². The van der Waals surface area contributed by atoms with E-state index in [0.29, 0.717) is 19.0 Å². The third-order valence-corrected chi connectivity index (χ3v) is 5.10. The van der Waals surface area contributed by atoms with Gasteiger partial charge in [0.15, 0.2) is 0 Å². The van der Waals surface area contributed by atoms with Crippen LogP contribution in [0.25, 0.3) is 0 Å². The smallest absolute Gasteiger partial charge is 0.235 e. The highest BCUT2D eigenvalue weighted by atomic mass is 32.2. The van der Waals surface area contributed by atoms with Crippen molar-refractivity contribution in [2.24, 2.45) is 5.92 Å². The van der Waals surface area contributed by atoms with E-state index in [1.807, 2.05) is 30.0 Å². The molecule has 0 aromatic carbocycles. The van der Waals surface area contributed by atoms with Crippen molar-refractivity contribution < 1.29 is 4.79 Å². The lowest BCUT2D eigenvalue weighted by atomic mass is 10.0. The maximum absolute atomic E-state index is 12.6. The summed E-state index contributed by atoms with van der Waals surface area (Å²) >= 11 is 1.49. The summed E-state index contributed by atoms with van der Waals surface area (Å²) in [6, 6.07) is 8.04. The summed E-state index contributed by atoms with van der Waals surface area (Å²) in [5.74, 6) is 0.458. The fraction of sp³-hybridized carbons (Fsp3) is 0.588. The Kier molecular flexibility index (Phi) is 6.43. The second-order valence-corrected chi connectivity index (χ2v) is 7.47. The van der Waals surface area contributed by atoms with Crippen LogP contribution in [-0.4, -0.2) is 58.2 Å². The van der Waals surface area contributed by atoms with Crippen LogP contribution in [0.1, 0.15) is 20.8 Å². The second kappa shape index (κ2) is 8.32. The molecule has 2 rings (SSSR count). The second-order valence-electron chi connectivity index (χ2n) is 6.11. The number of aromatic nitrogens is 1. The molecule has 0 N–H and O–H groups in total. The zero-order valence-corrected chi connectivity index (χ0v) is 14.8. The number of carbonyl (C=O) groups is 1. The molecule has 23 heavy (non-hydrogen) atoms. The summed E-state index contributed by atoms with van der Waals surface area (Å²) < 4.78 is 0. The van der Waals surface area contributed by atoms with Gasteiger partial charge in [-0.15, -0.1) is 0 Å². The van der Waals surface area contributed by atoms with Gasteiger partial charge >= 0.3 is 0 Å². The quantitative estimate of drug-likeness (QED) is 0.774. The number of pyridine rings is 1. The largest absolute Gasteiger partial charge is 0.339 e. The molecule has 0 unspecified atom stereocenters. The molecule has 1 aromatic heterocycles. The molecule has 0 bridgehead atoms. The molecule has 6 heteroatoms. The molecule has 2 heterocycles. The van der Waals surface area contributed by atoms with Crippen LogP contribution < -0.4 is 0 Å². The number of hydrogen-bond donors (Lipinski definition) is 0. The predicted octanol–water partition coefficient (Wildman–Crippen LogP) is 2.25. The fourth-order valence-electron chi connectivity index (χ4n) is 2.78. The lowest BCUT2D eigenvalue weighted by Crippen LogP contribution is -2.54. The molecule has 1 aliphatic heterocycles. The number of carbonyl (C=O) groups excluding carboxylic acids is 1. The lowest BCUT2D eigenvalue weighted by Gasteiger charge is -2.38. The van der Waals surface area contributed by atoms with E-state index in [-0.39, 0.29) is 17.2 Å². The van der Waals surface area contributed by atoms with Crippen LogP contribution in [-0.2, 0) is 4.79 Å². The molecule has 0 aliphatic carbocycles. The number of piperazine rings is 1. The number of rotatable bonds is 5. The van der Waals surface area contributed by atoms with Gasteiger partial charge in [0.05, 0.1) is 16.3 Å². The molecule has 1 amide bonds. The highest BCUT2D eigenvalue weighted by Gasteiger charge is 2.29. The van der Waals surface area contributed by atoms with Gasteiger partial charge in [-0.05, 0) is 25.0 Å². The minimum Gasteiger partial charge on any atom is -0.339 e. The monoisotopic (exact) mass is 332 g/mol. The van der Waals surface area contributed by atoms with Crippen LogP contribution >= 0.6 is 11.8 Å². The van der Waals surface area contributed by atoms with Crippen LogP contribution in [0.4, 0.5) is 0 Å². The molecule has 0 saturated carbocycles. The van der Waals surface area contributed by atoms with Gasteiger partial charge in [-0.25, -0.2) is 4.98 Å². The van der Waals surface area contributed by atoms with E-state index in [9.17, 15) is 10.1 Å². The van der Waals surface area contributed by atoms with Crippen LogP contribution in [0.15, 0.2) is 29.4 Å². The highest BCUT2D eigenvalue weighted by molar-refractivity contribution is 8.00. The van der Waals surface area contributed by atoms with Crippen molar-refractivity contribution in [3.63, 3.8) is 0 Å². The minimum absolute atomic E-state index is 0.0624. The van der Waals surface area contributed by atoms with E-state index in [1.165, 1.54) is 11.8 Å². The highest BCUT2D eigenvalue weighted by Crippen LogP contribution is 2.23. The van der Waals surface area contributed by atoms with Gasteiger partial charge in [-0.3, -0.25) is 9.69 Å². The zero-order valence-electron chi connectivity index (χ0n) is 14.0. The van der Waals surface area contributed by atoms with Crippen molar-refractivity contribution >= 4 is 17.7 Å². The molecule has 1 aromatic rings. The molecule has 0 radical (unpaired) electrons. The first kappa shape index (κ1) is 17.8. The molecule has 1 aliphatic rings. The van der Waals surface area contributed by atoms with Gasteiger partial charge in [0.25, 0.3) is 0 Å². The van der Waals surface area contributed by atoms with Gasteiger partial charge in [-0.1, -0.05) is 31.7 Å². The number of nitriles is 1. The van der Waals surface area contributed by atoms with E-state index in [0.717, 1.165) is 18.1 Å². The van der Waals surface area contributed by atoms with E-state index in [2.05, 4.69) is 29.8 Å². The Labute approximate surface area is 142 Å². The Hall–Kier alpha value is -1.58. The van der Waals surface area contributed by atoms with Gasteiger partial charge in [0, 0.05) is 32.4 Å². The number of hydrogen-bond acceptors (Lipinski definition) is 5. The molecular weight excluding hydrogens is 308 g/mol. The fourth-order valence-corrected chi connectivity index (χ4v) is 3.67. The first-order chi connectivity index (χ1) is 11.0. The summed E-state index contributed by atoms with van der Waals surface area (Å²) in [6.07, 6.45) is 1.74. The molecule has 5 nitrogen and oxygen atoms in total. The van der Waals surface area contributed by atoms with Crippen molar-refractivity contribution in [1.29, 1.82) is 5.26 Å². The third kappa shape index (κ3) is 4.69. The molecule has 0 spiro atoms. The van der Waals surface area contributed by atoms with Gasteiger partial charge in [-0.2, -0.15) is 5.26 Å². The van der Waals surface area contributed by atoms with Gasteiger partial charge in [0.2, 0.25) is 5.91 Å². The van der Waals surface area contributed by atoms with E-state index < -0.39 is 0 Å².